The highest BCUT2D eigenvalue weighted by Gasteiger charge is 2.43. The molecule has 0 aromatic heterocycles. The number of amides is 3. The van der Waals surface area contributed by atoms with Crippen LogP contribution in [-0.4, -0.2) is 59.3 Å². The molecule has 2 rings (SSSR count). The van der Waals surface area contributed by atoms with Crippen LogP contribution in [-0.2, 0) is 14.3 Å². The Kier molecular flexibility index (Phi) is 7.41. The molecule has 0 aliphatic carbocycles. The number of carbonyl (C=O) groups excluding carboxylic acids is 4. The fourth-order valence-electron chi connectivity index (χ4n) is 2.72. The number of nitrogens with one attached hydrogen (secondary N) is 1. The summed E-state index contributed by atoms with van der Waals surface area (Å²) in [5.41, 5.74) is 0.554. The van der Waals surface area contributed by atoms with Gasteiger partial charge in [-0.05, 0) is 43.9 Å². The van der Waals surface area contributed by atoms with Gasteiger partial charge in [0.2, 0.25) is 0 Å². The Hall–Kier alpha value is -2.35. The van der Waals surface area contributed by atoms with Crippen molar-refractivity contribution in [1.82, 2.24) is 10.2 Å². The highest BCUT2D eigenvalue weighted by molar-refractivity contribution is 7.98. The van der Waals surface area contributed by atoms with Gasteiger partial charge < -0.3 is 10.1 Å². The third-order valence-corrected chi connectivity index (χ3v) is 5.01. The lowest BCUT2D eigenvalue weighted by molar-refractivity contribution is -0.152. The van der Waals surface area contributed by atoms with Crippen molar-refractivity contribution in [2.75, 3.05) is 18.6 Å². The van der Waals surface area contributed by atoms with Crippen LogP contribution in [0, 0.1) is 0 Å². The van der Waals surface area contributed by atoms with Gasteiger partial charge in [0, 0.05) is 6.04 Å². The fourth-order valence-corrected chi connectivity index (χ4v) is 3.18. The van der Waals surface area contributed by atoms with Crippen LogP contribution in [0.2, 0.25) is 0 Å². The molecule has 2 atom stereocenters. The number of benzene rings is 1. The molecule has 0 saturated heterocycles. The van der Waals surface area contributed by atoms with Crippen LogP contribution in [0.5, 0.6) is 0 Å². The smallest absolute Gasteiger partial charge is 0.329 e. The molecule has 146 valence electrons. The summed E-state index contributed by atoms with van der Waals surface area (Å²) in [6.45, 7) is 3.33. The third-order valence-electron chi connectivity index (χ3n) is 4.37. The zero-order chi connectivity index (χ0) is 20.0. The highest BCUT2D eigenvalue weighted by atomic mass is 32.2. The molecule has 8 heteroatoms. The van der Waals surface area contributed by atoms with Crippen LogP contribution in [0.1, 0.15) is 47.4 Å². The maximum Gasteiger partial charge on any atom is 0.329 e. The zero-order valence-corrected chi connectivity index (χ0v) is 16.5. The normalized spacial score (nSPS) is 15.3. The molecule has 0 radical (unpaired) electrons. The van der Waals surface area contributed by atoms with Crippen LogP contribution >= 0.6 is 11.8 Å². The SMILES string of the molecule is CC[C@@H](C)NC(=O)COC(=O)[C@H](CCSC)N1C(=O)c2ccccc2C1=O. The minimum atomic E-state index is -1.05. The average molecular weight is 392 g/mol. The van der Waals surface area contributed by atoms with Crippen molar-refractivity contribution in [3.8, 4) is 0 Å². The van der Waals surface area contributed by atoms with E-state index in [1.807, 2.05) is 20.1 Å². The second kappa shape index (κ2) is 9.55. The van der Waals surface area contributed by atoms with Crippen LogP contribution in [0.4, 0.5) is 0 Å². The average Bonchev–Trinajstić information content (AvgIpc) is 2.92. The minimum absolute atomic E-state index is 0.0280. The van der Waals surface area contributed by atoms with Crippen LogP contribution in [0.25, 0.3) is 0 Å². The van der Waals surface area contributed by atoms with Crippen molar-refractivity contribution in [2.45, 2.75) is 38.8 Å². The zero-order valence-electron chi connectivity index (χ0n) is 15.7. The van der Waals surface area contributed by atoms with Crippen molar-refractivity contribution < 1.29 is 23.9 Å². The summed E-state index contributed by atoms with van der Waals surface area (Å²) in [5, 5.41) is 2.70. The van der Waals surface area contributed by atoms with E-state index in [1.54, 1.807) is 24.3 Å². The molecule has 1 N–H and O–H groups in total. The molecule has 1 aliphatic heterocycles. The summed E-state index contributed by atoms with van der Waals surface area (Å²) >= 11 is 1.49. The molecule has 1 aromatic rings. The quantitative estimate of drug-likeness (QED) is 0.509. The number of fused-ring (bicyclic) bond motifs is 1. The van der Waals surface area contributed by atoms with Crippen molar-refractivity contribution in [1.29, 1.82) is 0 Å². The van der Waals surface area contributed by atoms with E-state index in [2.05, 4.69) is 5.32 Å². The molecule has 3 amide bonds. The van der Waals surface area contributed by atoms with Crippen LogP contribution < -0.4 is 5.32 Å². The Labute approximate surface area is 162 Å². The summed E-state index contributed by atoms with van der Waals surface area (Å²) in [6.07, 6.45) is 2.88. The molecule has 0 bridgehead atoms. The molecule has 0 saturated carbocycles. The van der Waals surface area contributed by atoms with Crippen molar-refractivity contribution in [2.24, 2.45) is 0 Å². The summed E-state index contributed by atoms with van der Waals surface area (Å²) in [7, 11) is 0. The Morgan fingerprint density at radius 2 is 1.78 bits per heavy atom. The van der Waals surface area contributed by atoms with Crippen LogP contribution in [0.3, 0.4) is 0 Å². The van der Waals surface area contributed by atoms with Gasteiger partial charge in [-0.15, -0.1) is 0 Å². The number of hydrogen-bond acceptors (Lipinski definition) is 6. The van der Waals surface area contributed by atoms with E-state index >= 15 is 0 Å². The first-order chi connectivity index (χ1) is 12.9. The molecule has 7 nitrogen and oxygen atoms in total. The lowest BCUT2D eigenvalue weighted by Crippen LogP contribution is -2.47. The van der Waals surface area contributed by atoms with Gasteiger partial charge in [0.15, 0.2) is 6.61 Å². The van der Waals surface area contributed by atoms with Gasteiger partial charge in [0.05, 0.1) is 11.1 Å². The van der Waals surface area contributed by atoms with Gasteiger partial charge in [0.1, 0.15) is 6.04 Å². The third kappa shape index (κ3) is 4.88. The highest BCUT2D eigenvalue weighted by Crippen LogP contribution is 2.26. The van der Waals surface area contributed by atoms with E-state index in [1.165, 1.54) is 11.8 Å². The molecular weight excluding hydrogens is 368 g/mol. The van der Waals surface area contributed by atoms with E-state index < -0.39 is 36.3 Å². The molecule has 0 fully saturated rings. The Bertz CT molecular complexity index is 702. The number of carbonyl (C=O) groups is 4. The van der Waals surface area contributed by atoms with Gasteiger partial charge in [-0.3, -0.25) is 19.3 Å². The number of ether oxygens (including phenoxy) is 1. The van der Waals surface area contributed by atoms with Gasteiger partial charge in [-0.2, -0.15) is 11.8 Å². The number of nitrogens with zero attached hydrogens (tertiary/aromatic N) is 1. The summed E-state index contributed by atoms with van der Waals surface area (Å²) in [6, 6.07) is 5.38. The monoisotopic (exact) mass is 392 g/mol. The molecule has 1 heterocycles. The lowest BCUT2D eigenvalue weighted by Gasteiger charge is -2.24. The predicted octanol–water partition coefficient (Wildman–Crippen LogP) is 1.86. The molecular formula is C19H24N2O5S. The number of rotatable bonds is 9. The second-order valence-electron chi connectivity index (χ2n) is 6.31. The maximum absolute atomic E-state index is 12.6. The molecule has 0 unspecified atom stereocenters. The van der Waals surface area contributed by atoms with Crippen molar-refractivity contribution >= 4 is 35.5 Å². The first-order valence-electron chi connectivity index (χ1n) is 8.82. The summed E-state index contributed by atoms with van der Waals surface area (Å²) < 4.78 is 5.11. The molecule has 27 heavy (non-hydrogen) atoms. The largest absolute Gasteiger partial charge is 0.454 e. The molecule has 1 aromatic carbocycles. The number of hydrogen-bond donors (Lipinski definition) is 1. The van der Waals surface area contributed by atoms with E-state index in [0.29, 0.717) is 5.75 Å². The van der Waals surface area contributed by atoms with Gasteiger partial charge >= 0.3 is 5.97 Å². The second-order valence-corrected chi connectivity index (χ2v) is 7.29. The summed E-state index contributed by atoms with van der Waals surface area (Å²) in [5.74, 6) is -1.63. The van der Waals surface area contributed by atoms with Crippen LogP contribution in [0.15, 0.2) is 24.3 Å². The molecule has 0 spiro atoms. The van der Waals surface area contributed by atoms with E-state index in [4.69, 9.17) is 4.74 Å². The Morgan fingerprint density at radius 1 is 1.19 bits per heavy atom. The first kappa shape index (κ1) is 21.0. The molecule has 1 aliphatic rings. The number of esters is 1. The summed E-state index contributed by atoms with van der Waals surface area (Å²) in [4.78, 5) is 50.7. The number of imide groups is 1. The van der Waals surface area contributed by atoms with Gasteiger partial charge in [-0.1, -0.05) is 19.1 Å². The van der Waals surface area contributed by atoms with Gasteiger partial charge in [-0.25, -0.2) is 4.79 Å². The first-order valence-corrected chi connectivity index (χ1v) is 10.2. The minimum Gasteiger partial charge on any atom is -0.454 e. The topological polar surface area (TPSA) is 92.8 Å². The lowest BCUT2D eigenvalue weighted by atomic mass is 10.1. The Morgan fingerprint density at radius 3 is 2.30 bits per heavy atom. The Balaban J connectivity index is 2.11. The van der Waals surface area contributed by atoms with E-state index in [-0.39, 0.29) is 23.6 Å². The van der Waals surface area contributed by atoms with E-state index in [9.17, 15) is 19.2 Å². The predicted molar refractivity (Wildman–Crippen MR) is 103 cm³/mol. The fraction of sp³-hybridized carbons (Fsp3) is 0.474. The van der Waals surface area contributed by atoms with Crippen molar-refractivity contribution in [3.05, 3.63) is 35.4 Å². The standard InChI is InChI=1S/C19H24N2O5S/c1-4-12(2)20-16(22)11-26-19(25)15(9-10-27-3)21-17(23)13-7-5-6-8-14(13)18(21)24/h5-8,12,15H,4,9-11H2,1-3H3,(H,20,22)/t12-,15+/m1/s1. The van der Waals surface area contributed by atoms with Gasteiger partial charge in [0.25, 0.3) is 17.7 Å². The van der Waals surface area contributed by atoms with Crippen molar-refractivity contribution in [3.63, 3.8) is 0 Å². The van der Waals surface area contributed by atoms with E-state index in [0.717, 1.165) is 11.3 Å². The number of thioether (sulfide) groups is 1. The maximum atomic E-state index is 12.6.